The van der Waals surface area contributed by atoms with Gasteiger partial charge in [0.05, 0.1) is 12.3 Å². The largest absolute Gasteiger partial charge is 0.493 e. The van der Waals surface area contributed by atoms with E-state index in [-0.39, 0.29) is 12.0 Å². The van der Waals surface area contributed by atoms with Crippen molar-refractivity contribution in [3.05, 3.63) is 71.6 Å². The molecule has 6 nitrogen and oxygen atoms in total. The summed E-state index contributed by atoms with van der Waals surface area (Å²) in [5, 5.41) is 9.40. The van der Waals surface area contributed by atoms with E-state index >= 15 is 0 Å². The predicted molar refractivity (Wildman–Crippen MR) is 123 cm³/mol. The third-order valence-corrected chi connectivity index (χ3v) is 5.81. The minimum absolute atomic E-state index is 0.237. The minimum atomic E-state index is -0.738. The van der Waals surface area contributed by atoms with Gasteiger partial charge in [-0.3, -0.25) is 9.69 Å². The number of hydrogen-bond donors (Lipinski definition) is 1. The molecule has 0 bridgehead atoms. The molecule has 168 valence electrons. The van der Waals surface area contributed by atoms with Gasteiger partial charge in [-0.05, 0) is 49.2 Å². The van der Waals surface area contributed by atoms with Crippen LogP contribution in [0.4, 0.5) is 0 Å². The number of benzene rings is 2. The predicted octanol–water partition coefficient (Wildman–Crippen LogP) is 5.14. The summed E-state index contributed by atoms with van der Waals surface area (Å²) in [4.78, 5) is 18.2. The Kier molecular flexibility index (Phi) is 6.90. The lowest BCUT2D eigenvalue weighted by Gasteiger charge is -2.21. The highest BCUT2D eigenvalue weighted by atomic mass is 16.5. The van der Waals surface area contributed by atoms with Crippen molar-refractivity contribution in [1.29, 1.82) is 0 Å². The Hall–Kier alpha value is -3.12. The Labute approximate surface area is 188 Å². The summed E-state index contributed by atoms with van der Waals surface area (Å²) in [6.07, 6.45) is 2.29. The van der Waals surface area contributed by atoms with E-state index < -0.39 is 5.97 Å². The molecule has 1 fully saturated rings. The molecule has 0 spiro atoms. The Morgan fingerprint density at radius 2 is 2.03 bits per heavy atom. The number of nitrogens with zero attached hydrogens (tertiary/aromatic N) is 2. The number of hydrogen-bond acceptors (Lipinski definition) is 5. The summed E-state index contributed by atoms with van der Waals surface area (Å²) in [6.45, 7) is 6.13. The lowest BCUT2D eigenvalue weighted by Crippen LogP contribution is -2.35. The van der Waals surface area contributed by atoms with Crippen LogP contribution in [0.15, 0.2) is 59.0 Å². The van der Waals surface area contributed by atoms with Gasteiger partial charge in [-0.1, -0.05) is 44.2 Å². The second-order valence-corrected chi connectivity index (χ2v) is 8.56. The zero-order valence-corrected chi connectivity index (χ0v) is 18.7. The van der Waals surface area contributed by atoms with Crippen molar-refractivity contribution in [2.45, 2.75) is 51.6 Å². The van der Waals surface area contributed by atoms with Crippen LogP contribution in [0.5, 0.6) is 5.75 Å². The number of oxazole rings is 1. The lowest BCUT2D eigenvalue weighted by molar-refractivity contribution is -0.142. The first-order valence-corrected chi connectivity index (χ1v) is 11.2. The van der Waals surface area contributed by atoms with Crippen molar-refractivity contribution >= 4 is 5.97 Å². The fraction of sp³-hybridized carbons (Fsp3) is 0.385. The molecule has 3 aromatic rings. The molecule has 1 aromatic heterocycles. The van der Waals surface area contributed by atoms with E-state index in [1.54, 1.807) is 0 Å². The maximum Gasteiger partial charge on any atom is 0.320 e. The summed E-state index contributed by atoms with van der Waals surface area (Å²) in [6, 6.07) is 17.4. The van der Waals surface area contributed by atoms with Crippen molar-refractivity contribution in [3.8, 4) is 17.2 Å². The van der Waals surface area contributed by atoms with Crippen LogP contribution < -0.4 is 4.74 Å². The number of carboxylic acid groups (broad SMARTS) is 1. The molecule has 32 heavy (non-hydrogen) atoms. The van der Waals surface area contributed by atoms with Crippen molar-refractivity contribution < 1.29 is 19.1 Å². The summed E-state index contributed by atoms with van der Waals surface area (Å²) < 4.78 is 12.1. The number of carbonyl (C=O) groups is 1. The maximum absolute atomic E-state index is 11.4. The molecule has 1 N–H and O–H groups in total. The lowest BCUT2D eigenvalue weighted by atomic mass is 10.1. The molecule has 1 aliphatic heterocycles. The van der Waals surface area contributed by atoms with Crippen LogP contribution in [0.3, 0.4) is 0 Å². The molecule has 4 rings (SSSR count). The summed E-state index contributed by atoms with van der Waals surface area (Å²) in [5.74, 6) is 1.82. The molecule has 0 aliphatic carbocycles. The highest BCUT2D eigenvalue weighted by Gasteiger charge is 2.30. The van der Waals surface area contributed by atoms with Crippen LogP contribution >= 0.6 is 0 Å². The fourth-order valence-corrected chi connectivity index (χ4v) is 4.23. The van der Waals surface area contributed by atoms with Crippen molar-refractivity contribution in [1.82, 2.24) is 9.88 Å². The van der Waals surface area contributed by atoms with Gasteiger partial charge in [0.2, 0.25) is 5.89 Å². The van der Waals surface area contributed by atoms with Gasteiger partial charge in [0.1, 0.15) is 17.6 Å². The van der Waals surface area contributed by atoms with E-state index in [0.29, 0.717) is 31.9 Å². The van der Waals surface area contributed by atoms with Crippen LogP contribution in [0.25, 0.3) is 11.5 Å². The van der Waals surface area contributed by atoms with Gasteiger partial charge in [0, 0.05) is 24.4 Å². The summed E-state index contributed by atoms with van der Waals surface area (Å²) >= 11 is 0. The Morgan fingerprint density at radius 1 is 1.22 bits per heavy atom. The molecular formula is C26H30N2O4. The Bertz CT molecular complexity index is 1040. The average Bonchev–Trinajstić information content (AvgIpc) is 3.42. The molecule has 6 heteroatoms. The number of rotatable bonds is 9. The average molecular weight is 435 g/mol. The number of aliphatic carboxylic acids is 1. The van der Waals surface area contributed by atoms with Gasteiger partial charge < -0.3 is 14.3 Å². The molecule has 0 radical (unpaired) electrons. The molecule has 0 saturated carbocycles. The van der Waals surface area contributed by atoms with Crippen LogP contribution in [-0.4, -0.2) is 40.2 Å². The molecule has 0 unspecified atom stereocenters. The van der Waals surface area contributed by atoms with Gasteiger partial charge in [0.15, 0.2) is 0 Å². The third kappa shape index (κ3) is 5.19. The van der Waals surface area contributed by atoms with Gasteiger partial charge >= 0.3 is 5.97 Å². The number of carboxylic acids is 1. The quantitative estimate of drug-likeness (QED) is 0.503. The second kappa shape index (κ2) is 10.0. The SMILES string of the molecule is CC(C)c1oc(-c2ccccc2)nc1CCOc1cccc(CN2CCC[C@@H]2C(=O)O)c1. The first-order chi connectivity index (χ1) is 15.5. The topological polar surface area (TPSA) is 75.8 Å². The van der Waals surface area contributed by atoms with Gasteiger partial charge in [-0.25, -0.2) is 4.98 Å². The molecule has 1 aliphatic rings. The van der Waals surface area contributed by atoms with Gasteiger partial charge in [-0.15, -0.1) is 0 Å². The zero-order chi connectivity index (χ0) is 22.5. The molecule has 2 heterocycles. The monoisotopic (exact) mass is 434 g/mol. The van der Waals surface area contributed by atoms with Crippen LogP contribution in [0.1, 0.15) is 49.6 Å². The molecule has 0 amide bonds. The van der Waals surface area contributed by atoms with E-state index in [9.17, 15) is 9.90 Å². The van der Waals surface area contributed by atoms with Crippen LogP contribution in [0.2, 0.25) is 0 Å². The van der Waals surface area contributed by atoms with Gasteiger partial charge in [0.25, 0.3) is 0 Å². The van der Waals surface area contributed by atoms with Crippen molar-refractivity contribution in [2.24, 2.45) is 0 Å². The Balaban J connectivity index is 1.39. The normalized spacial score (nSPS) is 16.5. The number of aromatic nitrogens is 1. The van der Waals surface area contributed by atoms with Crippen LogP contribution in [0, 0.1) is 0 Å². The first kappa shape index (κ1) is 22.1. The van der Waals surface area contributed by atoms with E-state index in [2.05, 4.69) is 13.8 Å². The fourth-order valence-electron chi connectivity index (χ4n) is 4.23. The second-order valence-electron chi connectivity index (χ2n) is 8.56. The third-order valence-electron chi connectivity index (χ3n) is 5.81. The molecular weight excluding hydrogens is 404 g/mol. The summed E-state index contributed by atoms with van der Waals surface area (Å²) in [7, 11) is 0. The first-order valence-electron chi connectivity index (χ1n) is 11.2. The van der Waals surface area contributed by atoms with Crippen molar-refractivity contribution in [2.75, 3.05) is 13.2 Å². The smallest absolute Gasteiger partial charge is 0.320 e. The highest BCUT2D eigenvalue weighted by molar-refractivity contribution is 5.73. The zero-order valence-electron chi connectivity index (χ0n) is 18.7. The standard InChI is InChI=1S/C26H30N2O4/c1-18(2)24-22(27-25(32-24)20-9-4-3-5-10-20)13-15-31-21-11-6-8-19(16-21)17-28-14-7-12-23(28)26(29)30/h3-6,8-11,16,18,23H,7,12-15,17H2,1-2H3,(H,29,30)/t23-/m1/s1. The molecule has 1 atom stereocenters. The van der Waals surface area contributed by atoms with Gasteiger partial charge in [-0.2, -0.15) is 0 Å². The number of ether oxygens (including phenoxy) is 1. The van der Waals surface area contributed by atoms with E-state index in [0.717, 1.165) is 41.3 Å². The maximum atomic E-state index is 11.4. The summed E-state index contributed by atoms with van der Waals surface area (Å²) in [5.41, 5.74) is 2.96. The van der Waals surface area contributed by atoms with Crippen molar-refractivity contribution in [3.63, 3.8) is 0 Å². The van der Waals surface area contributed by atoms with E-state index in [4.69, 9.17) is 14.1 Å². The molecule has 1 saturated heterocycles. The van der Waals surface area contributed by atoms with Crippen LogP contribution in [-0.2, 0) is 17.8 Å². The van der Waals surface area contributed by atoms with E-state index in [1.165, 1.54) is 0 Å². The van der Waals surface area contributed by atoms with E-state index in [1.807, 2.05) is 59.5 Å². The highest BCUT2D eigenvalue weighted by Crippen LogP contribution is 2.28. The number of likely N-dealkylation sites (tertiary alicyclic amines) is 1. The Morgan fingerprint density at radius 3 is 2.78 bits per heavy atom. The minimum Gasteiger partial charge on any atom is -0.493 e. The molecule has 2 aromatic carbocycles.